The van der Waals surface area contributed by atoms with Crippen LogP contribution in [0.4, 0.5) is 5.69 Å². The lowest BCUT2D eigenvalue weighted by molar-refractivity contribution is -0.385. The zero-order valence-corrected chi connectivity index (χ0v) is 12.2. The number of nitrogens with zero attached hydrogens (tertiary/aromatic N) is 3. The number of aliphatic hydroxyl groups excluding tert-OH is 1. The van der Waals surface area contributed by atoms with Crippen LogP contribution in [0.3, 0.4) is 0 Å². The van der Waals surface area contributed by atoms with E-state index in [-0.39, 0.29) is 18.8 Å². The summed E-state index contributed by atoms with van der Waals surface area (Å²) in [5.74, 6) is 0. The van der Waals surface area contributed by atoms with Gasteiger partial charge in [0.2, 0.25) is 0 Å². The summed E-state index contributed by atoms with van der Waals surface area (Å²) in [6.45, 7) is 2.83. The van der Waals surface area contributed by atoms with Crippen LogP contribution in [-0.4, -0.2) is 63.4 Å². The Morgan fingerprint density at radius 1 is 1.67 bits per heavy atom. The fourth-order valence-corrected chi connectivity index (χ4v) is 1.75. The van der Waals surface area contributed by atoms with Gasteiger partial charge >= 0.3 is 5.69 Å². The van der Waals surface area contributed by atoms with Gasteiger partial charge in [0.05, 0.1) is 23.2 Å². The molecule has 0 aliphatic carbocycles. The van der Waals surface area contributed by atoms with Crippen LogP contribution in [0.2, 0.25) is 0 Å². The number of hydrogen-bond donors (Lipinski definition) is 3. The number of methoxy groups -OCH3 is 1. The third-order valence-corrected chi connectivity index (χ3v) is 2.96. The van der Waals surface area contributed by atoms with E-state index >= 15 is 0 Å². The SMILES string of the molecule is COCCC(C)(O)CNCC(O)Cn1cc([N+](=O)[O-])cn1. The summed E-state index contributed by atoms with van der Waals surface area (Å²) in [4.78, 5) is 9.97. The summed E-state index contributed by atoms with van der Waals surface area (Å²) in [6, 6.07) is 0. The number of ether oxygens (including phenoxy) is 1. The van der Waals surface area contributed by atoms with Crippen LogP contribution in [0, 0.1) is 10.1 Å². The van der Waals surface area contributed by atoms with Crippen molar-refractivity contribution in [3.05, 3.63) is 22.5 Å². The first-order valence-corrected chi connectivity index (χ1v) is 6.61. The number of aromatic nitrogens is 2. The molecule has 0 aliphatic heterocycles. The van der Waals surface area contributed by atoms with Crippen LogP contribution >= 0.6 is 0 Å². The standard InChI is InChI=1S/C12H22N4O5/c1-12(18,3-4-21-2)9-13-6-11(17)8-15-7-10(5-14-15)16(19)20/h5,7,11,13,17-18H,3-4,6,8-9H2,1-2H3. The average Bonchev–Trinajstić information content (AvgIpc) is 2.85. The Bertz CT molecular complexity index is 449. The van der Waals surface area contributed by atoms with Crippen LogP contribution in [0.5, 0.6) is 0 Å². The summed E-state index contributed by atoms with van der Waals surface area (Å²) < 4.78 is 6.22. The van der Waals surface area contributed by atoms with E-state index < -0.39 is 16.6 Å². The Morgan fingerprint density at radius 3 is 2.95 bits per heavy atom. The fourth-order valence-electron chi connectivity index (χ4n) is 1.75. The highest BCUT2D eigenvalue weighted by Gasteiger charge is 2.20. The number of nitro groups is 1. The lowest BCUT2D eigenvalue weighted by atomic mass is 10.0. The number of rotatable bonds is 10. The second-order valence-electron chi connectivity index (χ2n) is 5.20. The summed E-state index contributed by atoms with van der Waals surface area (Å²) >= 11 is 0. The monoisotopic (exact) mass is 302 g/mol. The third-order valence-electron chi connectivity index (χ3n) is 2.96. The lowest BCUT2D eigenvalue weighted by Crippen LogP contribution is -2.42. The Morgan fingerprint density at radius 2 is 2.38 bits per heavy atom. The van der Waals surface area contributed by atoms with Crippen molar-refractivity contribution in [2.24, 2.45) is 0 Å². The minimum Gasteiger partial charge on any atom is -0.390 e. The topological polar surface area (TPSA) is 123 Å². The van der Waals surface area contributed by atoms with Crippen molar-refractivity contribution in [1.29, 1.82) is 0 Å². The van der Waals surface area contributed by atoms with Crippen molar-refractivity contribution in [3.63, 3.8) is 0 Å². The van der Waals surface area contributed by atoms with Gasteiger partial charge in [-0.15, -0.1) is 0 Å². The Balaban J connectivity index is 2.30. The molecule has 2 unspecified atom stereocenters. The van der Waals surface area contributed by atoms with Crippen LogP contribution in [0.1, 0.15) is 13.3 Å². The molecule has 0 aromatic carbocycles. The molecule has 3 N–H and O–H groups in total. The molecule has 0 bridgehead atoms. The van der Waals surface area contributed by atoms with Crippen molar-refractivity contribution < 1.29 is 19.9 Å². The Hall–Kier alpha value is -1.55. The summed E-state index contributed by atoms with van der Waals surface area (Å²) in [5.41, 5.74) is -1.03. The first kappa shape index (κ1) is 17.5. The van der Waals surface area contributed by atoms with E-state index in [9.17, 15) is 20.3 Å². The Labute approximate surface area is 122 Å². The predicted molar refractivity (Wildman–Crippen MR) is 74.9 cm³/mol. The number of hydrogen-bond acceptors (Lipinski definition) is 7. The average molecular weight is 302 g/mol. The van der Waals surface area contributed by atoms with Gasteiger partial charge in [0.25, 0.3) is 0 Å². The van der Waals surface area contributed by atoms with Crippen molar-refractivity contribution in [2.75, 3.05) is 26.8 Å². The molecule has 0 spiro atoms. The molecule has 0 saturated carbocycles. The number of aliphatic hydroxyl groups is 2. The first-order valence-electron chi connectivity index (χ1n) is 6.61. The van der Waals surface area contributed by atoms with E-state index in [1.165, 1.54) is 10.9 Å². The lowest BCUT2D eigenvalue weighted by Gasteiger charge is -2.24. The van der Waals surface area contributed by atoms with Crippen molar-refractivity contribution >= 4 is 5.69 Å². The molecule has 0 amide bonds. The first-order chi connectivity index (χ1) is 9.84. The molecular weight excluding hydrogens is 280 g/mol. The van der Waals surface area contributed by atoms with Gasteiger partial charge in [-0.05, 0) is 6.92 Å². The van der Waals surface area contributed by atoms with Gasteiger partial charge in [-0.1, -0.05) is 0 Å². The van der Waals surface area contributed by atoms with E-state index in [1.807, 2.05) is 0 Å². The highest BCUT2D eigenvalue weighted by atomic mass is 16.6. The van der Waals surface area contributed by atoms with Crippen LogP contribution in [0.15, 0.2) is 12.4 Å². The highest BCUT2D eigenvalue weighted by Crippen LogP contribution is 2.09. The number of nitrogens with one attached hydrogen (secondary N) is 1. The molecular formula is C12H22N4O5. The zero-order valence-electron chi connectivity index (χ0n) is 12.2. The minimum absolute atomic E-state index is 0.113. The molecule has 0 fully saturated rings. The molecule has 1 rings (SSSR count). The molecule has 0 radical (unpaired) electrons. The van der Waals surface area contributed by atoms with Crippen molar-refractivity contribution in [2.45, 2.75) is 31.6 Å². The van der Waals surface area contributed by atoms with Crippen LogP contribution in [0.25, 0.3) is 0 Å². The van der Waals surface area contributed by atoms with Gasteiger partial charge in [-0.2, -0.15) is 5.10 Å². The third kappa shape index (κ3) is 6.63. The molecule has 9 heteroatoms. The predicted octanol–water partition coefficient (Wildman–Crippen LogP) is -0.471. The summed E-state index contributed by atoms with van der Waals surface area (Å²) in [5, 5.41) is 37.1. The van der Waals surface area contributed by atoms with Gasteiger partial charge in [0.1, 0.15) is 12.4 Å². The molecule has 1 aromatic heterocycles. The second kappa shape index (κ2) is 8.03. The van der Waals surface area contributed by atoms with Crippen LogP contribution in [-0.2, 0) is 11.3 Å². The molecule has 120 valence electrons. The van der Waals surface area contributed by atoms with Gasteiger partial charge < -0.3 is 20.3 Å². The van der Waals surface area contributed by atoms with E-state index in [0.29, 0.717) is 19.6 Å². The quantitative estimate of drug-likeness (QED) is 0.394. The van der Waals surface area contributed by atoms with Crippen molar-refractivity contribution in [1.82, 2.24) is 15.1 Å². The molecule has 1 heterocycles. The maximum absolute atomic E-state index is 10.5. The maximum atomic E-state index is 10.5. The normalized spacial score (nSPS) is 15.6. The van der Waals surface area contributed by atoms with E-state index in [2.05, 4.69) is 10.4 Å². The van der Waals surface area contributed by atoms with E-state index in [4.69, 9.17) is 4.74 Å². The van der Waals surface area contributed by atoms with Crippen molar-refractivity contribution in [3.8, 4) is 0 Å². The second-order valence-corrected chi connectivity index (χ2v) is 5.20. The largest absolute Gasteiger partial charge is 0.390 e. The molecule has 1 aromatic rings. The fraction of sp³-hybridized carbons (Fsp3) is 0.750. The van der Waals surface area contributed by atoms with Crippen LogP contribution < -0.4 is 5.32 Å². The smallest absolute Gasteiger partial charge is 0.306 e. The van der Waals surface area contributed by atoms with E-state index in [0.717, 1.165) is 6.20 Å². The van der Waals surface area contributed by atoms with Gasteiger partial charge in [0.15, 0.2) is 0 Å². The summed E-state index contributed by atoms with van der Waals surface area (Å²) in [7, 11) is 1.57. The molecule has 0 aliphatic rings. The molecule has 2 atom stereocenters. The van der Waals surface area contributed by atoms with Gasteiger partial charge in [-0.25, -0.2) is 0 Å². The van der Waals surface area contributed by atoms with Gasteiger partial charge in [-0.3, -0.25) is 14.8 Å². The summed E-state index contributed by atoms with van der Waals surface area (Å²) in [6.07, 6.45) is 2.12. The van der Waals surface area contributed by atoms with E-state index in [1.54, 1.807) is 14.0 Å². The highest BCUT2D eigenvalue weighted by molar-refractivity contribution is 5.20. The molecule has 21 heavy (non-hydrogen) atoms. The zero-order chi connectivity index (χ0) is 15.9. The maximum Gasteiger partial charge on any atom is 0.306 e. The molecule has 9 nitrogen and oxygen atoms in total. The van der Waals surface area contributed by atoms with Gasteiger partial charge in [0, 0.05) is 33.2 Å². The minimum atomic E-state index is -0.916. The molecule has 0 saturated heterocycles. The Kier molecular flexibility index (Phi) is 6.69.